The summed E-state index contributed by atoms with van der Waals surface area (Å²) in [6.45, 7) is 2.26. The van der Waals surface area contributed by atoms with Crippen LogP contribution in [0.4, 0.5) is 0 Å². The fraction of sp³-hybridized carbons (Fsp3) is 0.200. The number of hydrogen-bond acceptors (Lipinski definition) is 3. The van der Waals surface area contributed by atoms with Crippen LogP contribution in [0.1, 0.15) is 11.3 Å². The van der Waals surface area contributed by atoms with Crippen LogP contribution in [0.15, 0.2) is 34.9 Å². The highest BCUT2D eigenvalue weighted by Gasteiger charge is 2.11. The van der Waals surface area contributed by atoms with Gasteiger partial charge in [-0.05, 0) is 0 Å². The molecule has 0 fully saturated rings. The minimum atomic E-state index is -0.374. The Balaban J connectivity index is 2.23. The first kappa shape index (κ1) is 8.74. The minimum Gasteiger partial charge on any atom is -0.539 e. The number of hydrogen-bond donors (Lipinski definition) is 0. The predicted octanol–water partition coefficient (Wildman–Crippen LogP) is 0.392. The van der Waals surface area contributed by atoms with E-state index in [-0.39, 0.29) is 5.95 Å². The third kappa shape index (κ3) is 1.59. The fourth-order valence-corrected chi connectivity index (χ4v) is 1.22. The van der Waals surface area contributed by atoms with Gasteiger partial charge in [0.15, 0.2) is 5.95 Å². The third-order valence-corrected chi connectivity index (χ3v) is 2.08. The van der Waals surface area contributed by atoms with Crippen molar-refractivity contribution in [3.8, 4) is 5.95 Å². The zero-order valence-corrected chi connectivity index (χ0v) is 7.80. The van der Waals surface area contributed by atoms with Gasteiger partial charge in [-0.25, -0.2) is 0 Å². The van der Waals surface area contributed by atoms with Crippen molar-refractivity contribution in [2.45, 2.75) is 13.5 Å². The summed E-state index contributed by atoms with van der Waals surface area (Å²) < 4.78 is 6.08. The summed E-state index contributed by atoms with van der Waals surface area (Å²) >= 11 is 0. The van der Waals surface area contributed by atoms with E-state index < -0.39 is 0 Å². The molecule has 0 aliphatic rings. The standard InChI is InChI=1S/C10H10N2O2/c1-8-10(13)14-11-12(8)7-9-5-3-2-4-6-9/h2-6H,7H2,1H3. The maximum absolute atomic E-state index is 11.0. The van der Waals surface area contributed by atoms with Crippen molar-refractivity contribution in [1.29, 1.82) is 0 Å². The van der Waals surface area contributed by atoms with E-state index in [0.29, 0.717) is 12.2 Å². The van der Waals surface area contributed by atoms with Crippen LogP contribution in [0.25, 0.3) is 0 Å². The molecule has 1 aromatic carbocycles. The molecule has 0 N–H and O–H groups in total. The molecule has 0 aliphatic carbocycles. The summed E-state index contributed by atoms with van der Waals surface area (Å²) in [7, 11) is 0. The van der Waals surface area contributed by atoms with Crippen LogP contribution in [0.2, 0.25) is 0 Å². The first-order chi connectivity index (χ1) is 6.77. The number of benzene rings is 1. The summed E-state index contributed by atoms with van der Waals surface area (Å²) in [5, 5.41) is 14.6. The smallest absolute Gasteiger partial charge is 0.230 e. The van der Waals surface area contributed by atoms with Gasteiger partial charge in [-0.15, -0.1) is 0 Å². The molecule has 0 unspecified atom stereocenters. The molecule has 2 rings (SSSR count). The zero-order valence-electron chi connectivity index (χ0n) is 7.80. The molecule has 0 bridgehead atoms. The Labute approximate surface area is 81.4 Å². The molecule has 1 aromatic heterocycles. The van der Waals surface area contributed by atoms with Crippen LogP contribution in [0.3, 0.4) is 0 Å². The van der Waals surface area contributed by atoms with Crippen LogP contribution >= 0.6 is 0 Å². The lowest BCUT2D eigenvalue weighted by Crippen LogP contribution is -2.38. The van der Waals surface area contributed by atoms with E-state index in [1.54, 1.807) is 11.6 Å². The molecule has 14 heavy (non-hydrogen) atoms. The van der Waals surface area contributed by atoms with Crippen molar-refractivity contribution >= 4 is 0 Å². The van der Waals surface area contributed by atoms with E-state index in [9.17, 15) is 5.11 Å². The van der Waals surface area contributed by atoms with Gasteiger partial charge in [0.05, 0.1) is 5.27 Å². The maximum Gasteiger partial charge on any atom is 0.230 e. The van der Waals surface area contributed by atoms with E-state index >= 15 is 0 Å². The van der Waals surface area contributed by atoms with E-state index in [1.807, 2.05) is 30.3 Å². The molecule has 4 nitrogen and oxygen atoms in total. The predicted molar refractivity (Wildman–Crippen MR) is 46.4 cm³/mol. The Morgan fingerprint density at radius 1 is 1.36 bits per heavy atom. The van der Waals surface area contributed by atoms with E-state index in [2.05, 4.69) is 9.79 Å². The zero-order chi connectivity index (χ0) is 9.97. The SMILES string of the molecule is Cc1c([O-])on[n+]1Cc1ccccc1. The summed E-state index contributed by atoms with van der Waals surface area (Å²) in [5.74, 6) is -0.374. The van der Waals surface area contributed by atoms with Gasteiger partial charge in [-0.1, -0.05) is 35.0 Å². The molecule has 0 saturated carbocycles. The molecule has 4 heteroatoms. The van der Waals surface area contributed by atoms with Gasteiger partial charge in [0, 0.05) is 12.5 Å². The second-order valence-corrected chi connectivity index (χ2v) is 3.09. The monoisotopic (exact) mass is 190 g/mol. The molecule has 2 aromatic rings. The Bertz CT molecular complexity index is 423. The molecule has 1 heterocycles. The normalized spacial score (nSPS) is 10.4. The minimum absolute atomic E-state index is 0.374. The topological polar surface area (TPSA) is 53.0 Å². The van der Waals surface area contributed by atoms with Crippen LogP contribution in [-0.4, -0.2) is 5.27 Å². The van der Waals surface area contributed by atoms with Gasteiger partial charge in [0.2, 0.25) is 12.2 Å². The summed E-state index contributed by atoms with van der Waals surface area (Å²) in [4.78, 5) is 0. The summed E-state index contributed by atoms with van der Waals surface area (Å²) in [5.41, 5.74) is 1.61. The maximum atomic E-state index is 11.0. The Hall–Kier alpha value is -1.84. The van der Waals surface area contributed by atoms with Crippen molar-refractivity contribution < 1.29 is 14.3 Å². The number of nitrogens with zero attached hydrogens (tertiary/aromatic N) is 2. The van der Waals surface area contributed by atoms with Gasteiger partial charge in [0.1, 0.15) is 0 Å². The highest BCUT2D eigenvalue weighted by Crippen LogP contribution is 2.05. The lowest BCUT2D eigenvalue weighted by Gasteiger charge is -1.93. The lowest BCUT2D eigenvalue weighted by molar-refractivity contribution is -0.759. The van der Waals surface area contributed by atoms with Crippen LogP contribution < -0.4 is 9.79 Å². The molecule has 0 radical (unpaired) electrons. The largest absolute Gasteiger partial charge is 0.539 e. The van der Waals surface area contributed by atoms with Crippen molar-refractivity contribution in [1.82, 2.24) is 5.27 Å². The first-order valence-corrected chi connectivity index (χ1v) is 4.34. The van der Waals surface area contributed by atoms with Gasteiger partial charge < -0.3 is 9.63 Å². The molecule has 0 spiro atoms. The fourth-order valence-electron chi connectivity index (χ4n) is 1.22. The molecule has 0 saturated heterocycles. The van der Waals surface area contributed by atoms with Crippen molar-refractivity contribution in [2.24, 2.45) is 0 Å². The molecule has 0 amide bonds. The Morgan fingerprint density at radius 3 is 2.64 bits per heavy atom. The van der Waals surface area contributed by atoms with E-state index in [4.69, 9.17) is 0 Å². The van der Waals surface area contributed by atoms with Gasteiger partial charge in [0.25, 0.3) is 0 Å². The van der Waals surface area contributed by atoms with Crippen LogP contribution in [-0.2, 0) is 6.54 Å². The number of rotatable bonds is 2. The second kappa shape index (κ2) is 3.49. The summed E-state index contributed by atoms with van der Waals surface area (Å²) in [6, 6.07) is 9.80. The molecule has 0 atom stereocenters. The molecule has 72 valence electrons. The van der Waals surface area contributed by atoms with Gasteiger partial charge >= 0.3 is 0 Å². The quantitative estimate of drug-likeness (QED) is 0.644. The second-order valence-electron chi connectivity index (χ2n) is 3.09. The van der Waals surface area contributed by atoms with Gasteiger partial charge in [-0.3, -0.25) is 0 Å². The molecular formula is C10H10N2O2. The summed E-state index contributed by atoms with van der Waals surface area (Å²) in [6.07, 6.45) is 0. The lowest BCUT2D eigenvalue weighted by atomic mass is 10.2. The average Bonchev–Trinajstić information content (AvgIpc) is 2.52. The van der Waals surface area contributed by atoms with Crippen molar-refractivity contribution in [2.75, 3.05) is 0 Å². The highest BCUT2D eigenvalue weighted by molar-refractivity contribution is 5.13. The molecule has 0 aliphatic heterocycles. The number of aromatic nitrogens is 2. The van der Waals surface area contributed by atoms with Crippen LogP contribution in [0.5, 0.6) is 5.95 Å². The van der Waals surface area contributed by atoms with Crippen molar-refractivity contribution in [3.63, 3.8) is 0 Å². The van der Waals surface area contributed by atoms with E-state index in [1.165, 1.54) is 0 Å². The molecular weight excluding hydrogens is 180 g/mol. The first-order valence-electron chi connectivity index (χ1n) is 4.34. The average molecular weight is 190 g/mol. The Kier molecular flexibility index (Phi) is 2.18. The van der Waals surface area contributed by atoms with Gasteiger partial charge in [-0.2, -0.15) is 0 Å². The van der Waals surface area contributed by atoms with Crippen molar-refractivity contribution in [3.05, 3.63) is 41.6 Å². The van der Waals surface area contributed by atoms with Crippen LogP contribution in [0, 0.1) is 6.92 Å². The highest BCUT2D eigenvalue weighted by atomic mass is 16.6. The van der Waals surface area contributed by atoms with E-state index in [0.717, 1.165) is 5.56 Å². The third-order valence-electron chi connectivity index (χ3n) is 2.08. The Morgan fingerprint density at radius 2 is 2.07 bits per heavy atom.